The molecule has 0 saturated heterocycles. The molecule has 0 amide bonds. The second kappa shape index (κ2) is 15.0. The molecule has 0 aliphatic carbocycles. The molecule has 62 heavy (non-hydrogen) atoms. The van der Waals surface area contributed by atoms with Crippen LogP contribution in [0.15, 0.2) is 237 Å². The summed E-state index contributed by atoms with van der Waals surface area (Å²) in [5.74, 6) is 0. The van der Waals surface area contributed by atoms with Gasteiger partial charge in [0.25, 0.3) is 0 Å². The molecule has 0 aliphatic rings. The van der Waals surface area contributed by atoms with Crippen molar-refractivity contribution in [3.8, 4) is 44.5 Å². The van der Waals surface area contributed by atoms with Crippen molar-refractivity contribution in [2.45, 2.75) is 0 Å². The number of hydrogen-bond donors (Lipinski definition) is 0. The number of rotatable bonds is 7. The van der Waals surface area contributed by atoms with Gasteiger partial charge >= 0.3 is 0 Å². The first-order valence-corrected chi connectivity index (χ1v) is 22.1. The van der Waals surface area contributed by atoms with Gasteiger partial charge in [-0.25, -0.2) is 0 Å². The summed E-state index contributed by atoms with van der Waals surface area (Å²) in [5, 5.41) is 10.0. The van der Waals surface area contributed by atoms with E-state index in [0.29, 0.717) is 0 Å². The maximum atomic E-state index is 2.48. The molecule has 0 N–H and O–H groups in total. The summed E-state index contributed by atoms with van der Waals surface area (Å²) in [6.07, 6.45) is 0. The van der Waals surface area contributed by atoms with Crippen molar-refractivity contribution >= 4 is 80.9 Å². The van der Waals surface area contributed by atoms with Crippen LogP contribution in [0.5, 0.6) is 0 Å². The summed E-state index contributed by atoms with van der Waals surface area (Å²) >= 11 is 1.86. The van der Waals surface area contributed by atoms with Crippen LogP contribution in [-0.4, -0.2) is 0 Å². The highest BCUT2D eigenvalue weighted by Crippen LogP contribution is 2.50. The third-order valence-corrected chi connectivity index (χ3v) is 13.6. The molecule has 1 aromatic heterocycles. The fraction of sp³-hybridized carbons (Fsp3) is 0. The minimum absolute atomic E-state index is 1.09. The number of hydrogen-bond acceptors (Lipinski definition) is 2. The fourth-order valence-corrected chi connectivity index (χ4v) is 10.7. The Bertz CT molecular complexity index is 3610. The van der Waals surface area contributed by atoms with E-state index in [1.807, 2.05) is 11.3 Å². The normalized spacial score (nSPS) is 11.5. The summed E-state index contributed by atoms with van der Waals surface area (Å²) in [6, 6.07) is 87.0. The van der Waals surface area contributed by atoms with E-state index in [0.717, 1.165) is 17.1 Å². The highest BCUT2D eigenvalue weighted by Gasteiger charge is 2.24. The van der Waals surface area contributed by atoms with Crippen molar-refractivity contribution in [1.82, 2.24) is 0 Å². The molecule has 0 aliphatic heterocycles. The summed E-state index contributed by atoms with van der Waals surface area (Å²) in [6.45, 7) is 0. The Labute approximate surface area is 365 Å². The molecular weight excluding hydrogens is 767 g/mol. The lowest BCUT2D eigenvalue weighted by Gasteiger charge is -2.30. The predicted molar refractivity (Wildman–Crippen MR) is 268 cm³/mol. The van der Waals surface area contributed by atoms with Gasteiger partial charge in [-0.3, -0.25) is 0 Å². The molecule has 0 saturated carbocycles. The van der Waals surface area contributed by atoms with E-state index in [1.54, 1.807) is 0 Å². The maximum Gasteiger partial charge on any atom is 0.0546 e. The third-order valence-electron chi connectivity index (χ3n) is 12.5. The van der Waals surface area contributed by atoms with Gasteiger partial charge in [-0.05, 0) is 114 Å². The molecule has 1 heterocycles. The number of fused-ring (bicyclic) bond motifs is 7. The predicted octanol–water partition coefficient (Wildman–Crippen LogP) is 17.7. The molecule has 0 unspecified atom stereocenters. The van der Waals surface area contributed by atoms with E-state index in [1.165, 1.54) is 97.0 Å². The van der Waals surface area contributed by atoms with Crippen molar-refractivity contribution in [2.75, 3.05) is 4.90 Å². The zero-order chi connectivity index (χ0) is 41.0. The van der Waals surface area contributed by atoms with Crippen LogP contribution in [0.4, 0.5) is 17.1 Å². The summed E-state index contributed by atoms with van der Waals surface area (Å²) in [4.78, 5) is 2.48. The van der Waals surface area contributed by atoms with Gasteiger partial charge in [-0.2, -0.15) is 0 Å². The van der Waals surface area contributed by atoms with Crippen molar-refractivity contribution < 1.29 is 0 Å². The van der Waals surface area contributed by atoms with E-state index in [9.17, 15) is 0 Å². The van der Waals surface area contributed by atoms with E-state index >= 15 is 0 Å². The zero-order valence-electron chi connectivity index (χ0n) is 33.9. The van der Waals surface area contributed by atoms with Crippen molar-refractivity contribution in [1.29, 1.82) is 0 Å². The van der Waals surface area contributed by atoms with Crippen LogP contribution in [-0.2, 0) is 0 Å². The molecule has 0 radical (unpaired) electrons. The zero-order valence-corrected chi connectivity index (χ0v) is 34.7. The van der Waals surface area contributed by atoms with Gasteiger partial charge in [0.15, 0.2) is 0 Å². The Balaban J connectivity index is 1.13. The summed E-state index contributed by atoms with van der Waals surface area (Å²) in [7, 11) is 0. The molecule has 2 heteroatoms. The average Bonchev–Trinajstić information content (AvgIpc) is 3.72. The molecular formula is C60H39NS. The molecule has 12 rings (SSSR count). The lowest BCUT2D eigenvalue weighted by atomic mass is 9.87. The van der Waals surface area contributed by atoms with Gasteiger partial charge < -0.3 is 4.90 Å². The minimum atomic E-state index is 1.09. The van der Waals surface area contributed by atoms with Crippen LogP contribution in [0.1, 0.15) is 0 Å². The minimum Gasteiger partial charge on any atom is -0.310 e. The number of benzene rings is 11. The Morgan fingerprint density at radius 1 is 0.274 bits per heavy atom. The van der Waals surface area contributed by atoms with Crippen LogP contribution in [0, 0.1) is 0 Å². The quantitative estimate of drug-likeness (QED) is 0.145. The molecule has 1 nitrogen and oxygen atoms in total. The Morgan fingerprint density at radius 2 is 0.823 bits per heavy atom. The molecule has 12 aromatic rings. The van der Waals surface area contributed by atoms with Crippen LogP contribution in [0.25, 0.3) is 97.0 Å². The monoisotopic (exact) mass is 805 g/mol. The molecule has 290 valence electrons. The number of nitrogens with zero attached hydrogens (tertiary/aromatic N) is 1. The van der Waals surface area contributed by atoms with Gasteiger partial charge in [0, 0.05) is 37.1 Å². The number of thiophene rings is 1. The van der Waals surface area contributed by atoms with Gasteiger partial charge in [0.1, 0.15) is 0 Å². The van der Waals surface area contributed by atoms with Crippen molar-refractivity contribution in [2.24, 2.45) is 0 Å². The van der Waals surface area contributed by atoms with Crippen molar-refractivity contribution in [3.05, 3.63) is 237 Å². The lowest BCUT2D eigenvalue weighted by Crippen LogP contribution is -2.12. The van der Waals surface area contributed by atoms with E-state index < -0.39 is 0 Å². The van der Waals surface area contributed by atoms with Crippen LogP contribution in [0.3, 0.4) is 0 Å². The second-order valence-electron chi connectivity index (χ2n) is 16.0. The number of anilines is 3. The third kappa shape index (κ3) is 6.15. The Kier molecular flexibility index (Phi) is 8.76. The fourth-order valence-electron chi connectivity index (χ4n) is 9.53. The van der Waals surface area contributed by atoms with Gasteiger partial charge in [-0.15, -0.1) is 11.3 Å². The highest BCUT2D eigenvalue weighted by molar-refractivity contribution is 7.25. The lowest BCUT2D eigenvalue weighted by molar-refractivity contribution is 1.29. The Hall–Kier alpha value is -7.78. The molecule has 11 aromatic carbocycles. The molecule has 0 spiro atoms. The molecule has 0 bridgehead atoms. The van der Waals surface area contributed by atoms with Crippen LogP contribution < -0.4 is 4.90 Å². The second-order valence-corrected chi connectivity index (χ2v) is 17.1. The van der Waals surface area contributed by atoms with Gasteiger partial charge in [0.05, 0.1) is 5.69 Å². The SMILES string of the molecule is c1ccc(-c2ccc(-c3cccc(N(c4ccc(-c5cccc6ccccc56)cc4)c4ccc5c(c4)sc4ccccc45)c3-c3cc4ccccc4c4ccccc34)cc2)cc1. The van der Waals surface area contributed by atoms with Gasteiger partial charge in [0.2, 0.25) is 0 Å². The summed E-state index contributed by atoms with van der Waals surface area (Å²) in [5.41, 5.74) is 12.9. The van der Waals surface area contributed by atoms with Gasteiger partial charge in [-0.1, -0.05) is 194 Å². The average molecular weight is 806 g/mol. The standard InChI is InChI=1S/C60H39NS/c1-2-14-40(15-3-1)41-28-30-44(31-29-41)51-25-13-26-57(60(51)56-38-45-17-5-7-20-50(45)52-21-8-9-22-53(52)56)61(47-36-37-55-54-23-10-11-27-58(54)62-59(55)39-47)46-34-32-43(33-35-46)49-24-12-18-42-16-4-6-19-48(42)49/h1-39H. The van der Waals surface area contributed by atoms with Crippen LogP contribution >= 0.6 is 11.3 Å². The highest BCUT2D eigenvalue weighted by atomic mass is 32.1. The summed E-state index contributed by atoms with van der Waals surface area (Å²) < 4.78 is 2.57. The van der Waals surface area contributed by atoms with Crippen LogP contribution in [0.2, 0.25) is 0 Å². The van der Waals surface area contributed by atoms with E-state index in [2.05, 4.69) is 241 Å². The first-order chi connectivity index (χ1) is 30.7. The maximum absolute atomic E-state index is 2.48. The van der Waals surface area contributed by atoms with E-state index in [-0.39, 0.29) is 0 Å². The largest absolute Gasteiger partial charge is 0.310 e. The first kappa shape index (κ1) is 36.1. The molecule has 0 fully saturated rings. The smallest absolute Gasteiger partial charge is 0.0546 e. The first-order valence-electron chi connectivity index (χ1n) is 21.2. The molecule has 0 atom stereocenters. The van der Waals surface area contributed by atoms with E-state index in [4.69, 9.17) is 0 Å². The topological polar surface area (TPSA) is 3.24 Å². The Morgan fingerprint density at radius 3 is 1.65 bits per heavy atom. The van der Waals surface area contributed by atoms with Crippen molar-refractivity contribution in [3.63, 3.8) is 0 Å².